The molecule has 120 valence electrons. The smallest absolute Gasteiger partial charge is 0.323 e. The van der Waals surface area contributed by atoms with E-state index in [0.29, 0.717) is 16.9 Å². The van der Waals surface area contributed by atoms with Crippen molar-refractivity contribution in [3.63, 3.8) is 0 Å². The first kappa shape index (κ1) is 16.5. The molecule has 1 atom stereocenters. The van der Waals surface area contributed by atoms with Crippen molar-refractivity contribution in [2.45, 2.75) is 13.0 Å². The van der Waals surface area contributed by atoms with Gasteiger partial charge in [-0.15, -0.1) is 0 Å². The Morgan fingerprint density at radius 1 is 0.957 bits per heavy atom. The number of carbonyl (C=O) groups is 2. The molecule has 23 heavy (non-hydrogen) atoms. The Labute approximate surface area is 134 Å². The van der Waals surface area contributed by atoms with Gasteiger partial charge in [-0.2, -0.15) is 0 Å². The van der Waals surface area contributed by atoms with Crippen LogP contribution >= 0.6 is 0 Å². The molecule has 6 heteroatoms. The van der Waals surface area contributed by atoms with E-state index in [1.165, 1.54) is 0 Å². The number of rotatable bonds is 5. The fourth-order valence-corrected chi connectivity index (χ4v) is 1.87. The fourth-order valence-electron chi connectivity index (χ4n) is 1.87. The Kier molecular flexibility index (Phi) is 5.71. The second-order valence-electron chi connectivity index (χ2n) is 5.08. The molecule has 0 fully saturated rings. The van der Waals surface area contributed by atoms with Crippen LogP contribution in [-0.2, 0) is 0 Å². The molecule has 3 amide bonds. The third-order valence-corrected chi connectivity index (χ3v) is 3.09. The third kappa shape index (κ3) is 5.12. The van der Waals surface area contributed by atoms with E-state index < -0.39 is 0 Å². The number of amides is 3. The molecule has 0 aliphatic heterocycles. The van der Waals surface area contributed by atoms with Crippen molar-refractivity contribution in [2.75, 3.05) is 17.2 Å². The second kappa shape index (κ2) is 7.95. The second-order valence-corrected chi connectivity index (χ2v) is 5.08. The molecule has 0 heterocycles. The molecule has 0 aliphatic rings. The number of hydrogen-bond donors (Lipinski definition) is 4. The number of carbonyl (C=O) groups excluding carboxylic acids is 2. The summed E-state index contributed by atoms with van der Waals surface area (Å²) in [4.78, 5) is 23.7. The largest absolute Gasteiger partial charge is 0.394 e. The van der Waals surface area contributed by atoms with Gasteiger partial charge in [0.1, 0.15) is 0 Å². The highest BCUT2D eigenvalue weighted by atomic mass is 16.3. The molecule has 2 aromatic rings. The Morgan fingerprint density at radius 3 is 2.09 bits per heavy atom. The van der Waals surface area contributed by atoms with E-state index in [1.54, 1.807) is 43.3 Å². The van der Waals surface area contributed by atoms with Crippen molar-refractivity contribution < 1.29 is 14.7 Å². The predicted octanol–water partition coefficient (Wildman–Crippen LogP) is 2.44. The van der Waals surface area contributed by atoms with Gasteiger partial charge in [0.05, 0.1) is 6.61 Å². The predicted molar refractivity (Wildman–Crippen MR) is 89.5 cm³/mol. The molecule has 0 radical (unpaired) electrons. The van der Waals surface area contributed by atoms with Crippen LogP contribution in [0, 0.1) is 0 Å². The summed E-state index contributed by atoms with van der Waals surface area (Å²) in [5.41, 5.74) is 1.73. The first-order valence-corrected chi connectivity index (χ1v) is 7.23. The van der Waals surface area contributed by atoms with Gasteiger partial charge < -0.3 is 21.1 Å². The van der Waals surface area contributed by atoms with Crippen LogP contribution in [-0.4, -0.2) is 29.7 Å². The number of benzene rings is 2. The summed E-state index contributed by atoms with van der Waals surface area (Å²) >= 11 is 0. The van der Waals surface area contributed by atoms with Crippen molar-refractivity contribution in [3.05, 3.63) is 60.2 Å². The summed E-state index contributed by atoms with van der Waals surface area (Å²) in [5, 5.41) is 17.0. The quantitative estimate of drug-likeness (QED) is 0.683. The zero-order valence-electron chi connectivity index (χ0n) is 12.7. The maximum atomic E-state index is 11.9. The summed E-state index contributed by atoms with van der Waals surface area (Å²) in [6.45, 7) is 1.59. The lowest BCUT2D eigenvalue weighted by atomic mass is 10.2. The summed E-state index contributed by atoms with van der Waals surface area (Å²) in [7, 11) is 0. The van der Waals surface area contributed by atoms with Crippen LogP contribution in [0.3, 0.4) is 0 Å². The number of anilines is 2. The monoisotopic (exact) mass is 313 g/mol. The normalized spacial score (nSPS) is 11.4. The van der Waals surface area contributed by atoms with Gasteiger partial charge in [0.15, 0.2) is 0 Å². The minimum atomic E-state index is -0.359. The Bertz CT molecular complexity index is 657. The summed E-state index contributed by atoms with van der Waals surface area (Å²) in [6.07, 6.45) is 0. The van der Waals surface area contributed by atoms with Crippen LogP contribution in [0.15, 0.2) is 54.6 Å². The van der Waals surface area contributed by atoms with Gasteiger partial charge in [0, 0.05) is 23.0 Å². The first-order chi connectivity index (χ1) is 11.1. The first-order valence-electron chi connectivity index (χ1n) is 7.23. The maximum absolute atomic E-state index is 11.9. The summed E-state index contributed by atoms with van der Waals surface area (Å²) < 4.78 is 0. The van der Waals surface area contributed by atoms with Crippen LogP contribution < -0.4 is 16.0 Å². The van der Waals surface area contributed by atoms with Gasteiger partial charge >= 0.3 is 6.03 Å². The van der Waals surface area contributed by atoms with Crippen LogP contribution in [0.1, 0.15) is 17.3 Å². The van der Waals surface area contributed by atoms with E-state index in [0.717, 1.165) is 0 Å². The highest BCUT2D eigenvalue weighted by Gasteiger charge is 2.09. The van der Waals surface area contributed by atoms with E-state index in [-0.39, 0.29) is 24.6 Å². The molecule has 2 rings (SSSR count). The minimum Gasteiger partial charge on any atom is -0.394 e. The number of urea groups is 1. The molecule has 0 aliphatic carbocycles. The highest BCUT2D eigenvalue weighted by molar-refractivity contribution is 6.00. The Balaban J connectivity index is 1.92. The van der Waals surface area contributed by atoms with Crippen LogP contribution in [0.25, 0.3) is 0 Å². The lowest BCUT2D eigenvalue weighted by molar-refractivity contribution is 0.0922. The number of hydrogen-bond acceptors (Lipinski definition) is 3. The third-order valence-electron chi connectivity index (χ3n) is 3.09. The Morgan fingerprint density at radius 2 is 1.52 bits per heavy atom. The van der Waals surface area contributed by atoms with E-state index in [1.807, 2.05) is 18.2 Å². The lowest BCUT2D eigenvalue weighted by Gasteiger charge is -2.11. The molecule has 0 saturated carbocycles. The molecule has 0 bridgehead atoms. The van der Waals surface area contributed by atoms with Gasteiger partial charge in [0.25, 0.3) is 5.91 Å². The lowest BCUT2D eigenvalue weighted by Crippen LogP contribution is -2.34. The average molecular weight is 313 g/mol. The SMILES string of the molecule is CC(CO)NC(=O)c1ccc(NC(=O)Nc2ccccc2)cc1. The van der Waals surface area contributed by atoms with E-state index in [9.17, 15) is 9.59 Å². The van der Waals surface area contributed by atoms with Gasteiger partial charge in [-0.3, -0.25) is 4.79 Å². The average Bonchev–Trinajstić information content (AvgIpc) is 2.56. The van der Waals surface area contributed by atoms with E-state index in [2.05, 4.69) is 16.0 Å². The Hall–Kier alpha value is -2.86. The number of aliphatic hydroxyl groups excluding tert-OH is 1. The van der Waals surface area contributed by atoms with Gasteiger partial charge in [0.2, 0.25) is 0 Å². The molecule has 4 N–H and O–H groups in total. The van der Waals surface area contributed by atoms with Crippen LogP contribution in [0.5, 0.6) is 0 Å². The molecule has 0 aromatic heterocycles. The molecular formula is C17H19N3O3. The van der Waals surface area contributed by atoms with Gasteiger partial charge in [-0.25, -0.2) is 4.79 Å². The number of nitrogens with one attached hydrogen (secondary N) is 3. The zero-order valence-corrected chi connectivity index (χ0v) is 12.7. The summed E-state index contributed by atoms with van der Waals surface area (Å²) in [5.74, 6) is -0.271. The molecule has 0 saturated heterocycles. The van der Waals surface area contributed by atoms with Crippen LogP contribution in [0.2, 0.25) is 0 Å². The van der Waals surface area contributed by atoms with Crippen molar-refractivity contribution in [2.24, 2.45) is 0 Å². The summed E-state index contributed by atoms with van der Waals surface area (Å²) in [6, 6.07) is 14.9. The van der Waals surface area contributed by atoms with Crippen molar-refractivity contribution in [3.8, 4) is 0 Å². The topological polar surface area (TPSA) is 90.5 Å². The fraction of sp³-hybridized carbons (Fsp3) is 0.176. The standard InChI is InChI=1S/C17H19N3O3/c1-12(11-21)18-16(22)13-7-9-15(10-8-13)20-17(23)19-14-5-3-2-4-6-14/h2-10,12,21H,11H2,1H3,(H,18,22)(H2,19,20,23). The van der Waals surface area contributed by atoms with Gasteiger partial charge in [-0.05, 0) is 43.3 Å². The molecular weight excluding hydrogens is 294 g/mol. The van der Waals surface area contributed by atoms with Crippen molar-refractivity contribution in [1.29, 1.82) is 0 Å². The van der Waals surface area contributed by atoms with Crippen LogP contribution in [0.4, 0.5) is 16.2 Å². The maximum Gasteiger partial charge on any atom is 0.323 e. The van der Waals surface area contributed by atoms with E-state index >= 15 is 0 Å². The number of para-hydroxylation sites is 1. The minimum absolute atomic E-state index is 0.120. The molecule has 0 spiro atoms. The molecule has 1 unspecified atom stereocenters. The van der Waals surface area contributed by atoms with E-state index in [4.69, 9.17) is 5.11 Å². The van der Waals surface area contributed by atoms with Crippen molar-refractivity contribution >= 4 is 23.3 Å². The molecule has 6 nitrogen and oxygen atoms in total. The molecule has 2 aromatic carbocycles. The number of aliphatic hydroxyl groups is 1. The highest BCUT2D eigenvalue weighted by Crippen LogP contribution is 2.11. The zero-order chi connectivity index (χ0) is 16.7. The van der Waals surface area contributed by atoms with Gasteiger partial charge in [-0.1, -0.05) is 18.2 Å². The van der Waals surface area contributed by atoms with Crippen molar-refractivity contribution in [1.82, 2.24) is 5.32 Å².